The van der Waals surface area contributed by atoms with E-state index in [1.54, 1.807) is 59.9 Å². The molecule has 2 aliphatic heterocycles. The average molecular weight is 844 g/mol. The van der Waals surface area contributed by atoms with Crippen LogP contribution in [0.1, 0.15) is 44.4 Å². The van der Waals surface area contributed by atoms with Crippen molar-refractivity contribution in [2.45, 2.75) is 50.7 Å². The third-order valence-electron chi connectivity index (χ3n) is 10.4. The lowest BCUT2D eigenvalue weighted by molar-refractivity contribution is -0.142. The lowest BCUT2D eigenvalue weighted by Gasteiger charge is -2.37. The highest BCUT2D eigenvalue weighted by molar-refractivity contribution is 7.09. The van der Waals surface area contributed by atoms with Crippen LogP contribution in [-0.4, -0.2) is 39.9 Å². The van der Waals surface area contributed by atoms with E-state index in [2.05, 4.69) is 21.6 Å². The summed E-state index contributed by atoms with van der Waals surface area (Å²) in [4.78, 5) is 43.1. The van der Waals surface area contributed by atoms with Gasteiger partial charge in [-0.15, -0.1) is 11.3 Å². The lowest BCUT2D eigenvalue weighted by atomic mass is 9.91. The Labute approximate surface area is 354 Å². The molecular weight excluding hydrogens is 808 g/mol. The Hall–Kier alpha value is -6.16. The molecule has 6 aromatic rings. The average Bonchev–Trinajstić information content (AvgIpc) is 3.76. The number of benzene rings is 5. The van der Waals surface area contributed by atoms with Crippen LogP contribution in [-0.2, 0) is 46.9 Å². The van der Waals surface area contributed by atoms with E-state index in [4.69, 9.17) is 37.9 Å². The van der Waals surface area contributed by atoms with Crippen molar-refractivity contribution in [1.29, 1.82) is 5.26 Å². The molecule has 0 saturated carbocycles. The molecule has 2 amide bonds. The van der Waals surface area contributed by atoms with Gasteiger partial charge in [0.1, 0.15) is 24.1 Å². The van der Waals surface area contributed by atoms with E-state index in [1.165, 1.54) is 0 Å². The van der Waals surface area contributed by atoms with Gasteiger partial charge >= 0.3 is 5.97 Å². The van der Waals surface area contributed by atoms with Crippen molar-refractivity contribution in [1.82, 2.24) is 10.2 Å². The number of thiophene rings is 1. The van der Waals surface area contributed by atoms with E-state index >= 15 is 0 Å². The molecule has 0 bridgehead atoms. The summed E-state index contributed by atoms with van der Waals surface area (Å²) in [5, 5.41) is 28.1. The number of nitrogens with one attached hydrogen (secondary N) is 2. The van der Waals surface area contributed by atoms with Crippen LogP contribution in [0, 0.1) is 11.3 Å². The third-order valence-corrected chi connectivity index (χ3v) is 12.0. The maximum absolute atomic E-state index is 14.1. The second kappa shape index (κ2) is 17.4. The van der Waals surface area contributed by atoms with Crippen molar-refractivity contribution in [3.05, 3.63) is 169 Å². The van der Waals surface area contributed by atoms with Crippen LogP contribution >= 0.6 is 34.5 Å². The van der Waals surface area contributed by atoms with Crippen molar-refractivity contribution in [2.24, 2.45) is 0 Å². The second-order valence-electron chi connectivity index (χ2n) is 14.4. The molecule has 3 atom stereocenters. The number of carboxylic acid groups (broad SMARTS) is 1. The third kappa shape index (κ3) is 9.12. The second-order valence-corrected chi connectivity index (χ2v) is 16.3. The molecule has 3 N–H and O–H groups in total. The number of hydrogen-bond acceptors (Lipinski definition) is 8. The molecule has 5 aromatic carbocycles. The highest BCUT2D eigenvalue weighted by Gasteiger charge is 2.37. The first-order chi connectivity index (χ1) is 28.6. The van der Waals surface area contributed by atoms with Gasteiger partial charge in [-0.2, -0.15) is 5.26 Å². The van der Waals surface area contributed by atoms with Crippen molar-refractivity contribution < 1.29 is 29.0 Å². The summed E-state index contributed by atoms with van der Waals surface area (Å²) in [5.74, 6) is -0.732. The first-order valence-corrected chi connectivity index (χ1v) is 20.4. The number of anilines is 1. The van der Waals surface area contributed by atoms with Gasteiger partial charge in [-0.1, -0.05) is 83.9 Å². The van der Waals surface area contributed by atoms with Crippen LogP contribution in [0.2, 0.25) is 10.0 Å². The van der Waals surface area contributed by atoms with Gasteiger partial charge in [-0.3, -0.25) is 14.5 Å². The minimum Gasteiger partial charge on any atom is -0.489 e. The molecule has 0 aliphatic carbocycles. The summed E-state index contributed by atoms with van der Waals surface area (Å²) >= 11 is 13.7. The highest BCUT2D eigenvalue weighted by atomic mass is 35.5. The summed E-state index contributed by atoms with van der Waals surface area (Å²) in [6.07, 6.45) is -0.502. The Morgan fingerprint density at radius 3 is 2.34 bits per heavy atom. The zero-order chi connectivity index (χ0) is 41.0. The fourth-order valence-corrected chi connectivity index (χ4v) is 8.35. The summed E-state index contributed by atoms with van der Waals surface area (Å²) in [6.45, 7) is 1.18. The van der Waals surface area contributed by atoms with E-state index in [9.17, 15) is 19.5 Å². The van der Waals surface area contributed by atoms with Crippen molar-refractivity contribution >= 4 is 58.0 Å². The number of carboxylic acids is 1. The quantitative estimate of drug-likeness (QED) is 0.111. The summed E-state index contributed by atoms with van der Waals surface area (Å²) < 4.78 is 12.2. The number of nitrogens with zero attached hydrogens (tertiary/aromatic N) is 2. The van der Waals surface area contributed by atoms with E-state index in [1.807, 2.05) is 72.1 Å². The minimum atomic E-state index is -1.16. The van der Waals surface area contributed by atoms with Gasteiger partial charge < -0.3 is 25.2 Å². The molecule has 59 heavy (non-hydrogen) atoms. The normalized spacial score (nSPS) is 16.4. The van der Waals surface area contributed by atoms with Crippen molar-refractivity contribution in [3.63, 3.8) is 0 Å². The number of carbonyl (C=O) groups is 3. The number of nitriles is 1. The highest BCUT2D eigenvalue weighted by Crippen LogP contribution is 2.40. The molecule has 3 heterocycles. The van der Waals surface area contributed by atoms with E-state index in [-0.39, 0.29) is 12.3 Å². The van der Waals surface area contributed by atoms with Gasteiger partial charge in [0.25, 0.3) is 5.91 Å². The van der Waals surface area contributed by atoms with E-state index in [0.717, 1.165) is 38.3 Å². The van der Waals surface area contributed by atoms with Gasteiger partial charge in [0.15, 0.2) is 0 Å². The summed E-state index contributed by atoms with van der Waals surface area (Å²) in [5.41, 5.74) is 7.01. The fraction of sp³-hybridized carbons (Fsp3) is 0.174. The molecule has 10 nitrogen and oxygen atoms in total. The Balaban J connectivity index is 0.962. The largest absolute Gasteiger partial charge is 0.489 e. The standard InChI is InChI=1S/C46H36Cl2N4O6S/c47-37-16-7-29(18-38(37)48)26-57-35-14-12-32(13-15-35)43-45(54)50-39-20-33-21-41(52(25-36-2-1-17-59-36)24-34(33)22-42(39)58-43)44(53)51-40(46(55)56)19-27-3-8-30(9-4-27)31-10-5-28(23-49)6-11-31/h1-18,20,22,40-41,43H,19,21,24-26H2,(H,50,54)(H,51,53)(H,55,56). The van der Waals surface area contributed by atoms with Crippen LogP contribution in [0.5, 0.6) is 11.5 Å². The van der Waals surface area contributed by atoms with Gasteiger partial charge in [0.05, 0.1) is 33.4 Å². The SMILES string of the molecule is N#Cc1ccc(-c2ccc(CC(NC(=O)C3Cc4cc5c(cc4CN3Cc3cccs3)OC(c3ccc(OCc4ccc(Cl)c(Cl)c4)cc3)C(=O)N5)C(=O)O)cc2)cc1. The molecule has 2 aliphatic rings. The molecular formula is C46H36Cl2N4O6S. The molecule has 1 aromatic heterocycles. The molecule has 0 radical (unpaired) electrons. The Bertz CT molecular complexity index is 2560. The zero-order valence-corrected chi connectivity index (χ0v) is 33.7. The number of ether oxygens (including phenoxy) is 2. The molecule has 296 valence electrons. The first-order valence-electron chi connectivity index (χ1n) is 18.8. The number of amides is 2. The van der Waals surface area contributed by atoms with Gasteiger partial charge in [0.2, 0.25) is 12.0 Å². The number of fused-ring (bicyclic) bond motifs is 2. The van der Waals surface area contributed by atoms with Crippen LogP contribution in [0.4, 0.5) is 5.69 Å². The van der Waals surface area contributed by atoms with Gasteiger partial charge in [-0.25, -0.2) is 4.79 Å². The fourth-order valence-electron chi connectivity index (χ4n) is 7.30. The zero-order valence-electron chi connectivity index (χ0n) is 31.4. The van der Waals surface area contributed by atoms with E-state index in [0.29, 0.717) is 64.5 Å². The lowest BCUT2D eigenvalue weighted by Crippen LogP contribution is -2.54. The van der Waals surface area contributed by atoms with Crippen LogP contribution in [0.3, 0.4) is 0 Å². The summed E-state index contributed by atoms with van der Waals surface area (Å²) in [7, 11) is 0. The summed E-state index contributed by atoms with van der Waals surface area (Å²) in [6, 6.07) is 35.2. The van der Waals surface area contributed by atoms with Crippen LogP contribution in [0.25, 0.3) is 11.1 Å². The van der Waals surface area contributed by atoms with Crippen molar-refractivity contribution in [3.8, 4) is 28.7 Å². The van der Waals surface area contributed by atoms with E-state index < -0.39 is 30.1 Å². The predicted octanol–water partition coefficient (Wildman–Crippen LogP) is 8.98. The molecule has 0 spiro atoms. The predicted molar refractivity (Wildman–Crippen MR) is 227 cm³/mol. The first kappa shape index (κ1) is 39.7. The number of carbonyl (C=O) groups excluding carboxylic acids is 2. The Morgan fingerprint density at radius 1 is 0.932 bits per heavy atom. The topological polar surface area (TPSA) is 141 Å². The Morgan fingerprint density at radius 2 is 1.66 bits per heavy atom. The smallest absolute Gasteiger partial charge is 0.326 e. The van der Waals surface area contributed by atoms with Gasteiger partial charge in [0, 0.05) is 30.0 Å². The van der Waals surface area contributed by atoms with Crippen LogP contribution < -0.4 is 20.1 Å². The maximum atomic E-state index is 14.1. The number of aliphatic carboxylic acids is 1. The monoisotopic (exact) mass is 842 g/mol. The molecule has 8 rings (SSSR count). The van der Waals surface area contributed by atoms with Crippen molar-refractivity contribution in [2.75, 3.05) is 5.32 Å². The Kier molecular flexibility index (Phi) is 11.7. The maximum Gasteiger partial charge on any atom is 0.326 e. The van der Waals surface area contributed by atoms with Gasteiger partial charge in [-0.05, 0) is 99.8 Å². The number of rotatable bonds is 12. The number of hydrogen-bond donors (Lipinski definition) is 3. The number of halogens is 2. The molecule has 0 fully saturated rings. The molecule has 3 unspecified atom stereocenters. The van der Waals surface area contributed by atoms with Crippen LogP contribution in [0.15, 0.2) is 121 Å². The molecule has 13 heteroatoms. The minimum absolute atomic E-state index is 0.0927. The molecule has 0 saturated heterocycles.